The van der Waals surface area contributed by atoms with Gasteiger partial charge in [-0.25, -0.2) is 4.98 Å². The lowest BCUT2D eigenvalue weighted by Crippen LogP contribution is -1.80. The quantitative estimate of drug-likeness (QED) is 0.528. The van der Waals surface area contributed by atoms with Crippen LogP contribution in [0.1, 0.15) is 43.2 Å². The average molecular weight is 229 g/mol. The molecule has 0 unspecified atom stereocenters. The van der Waals surface area contributed by atoms with Crippen molar-refractivity contribution < 1.29 is 0 Å². The molecule has 0 atom stereocenters. The summed E-state index contributed by atoms with van der Waals surface area (Å²) in [7, 11) is 0. The Labute approximate surface area is 95.3 Å². The largest absolute Gasteiger partial charge is 0.235 e. The molecule has 0 spiro atoms. The highest BCUT2D eigenvalue weighted by atomic mass is 32.2. The maximum absolute atomic E-state index is 4.51. The predicted molar refractivity (Wildman–Crippen MR) is 66.5 cm³/mol. The Balaban J connectivity index is 2.18. The third-order valence-electron chi connectivity index (χ3n) is 2.23. The van der Waals surface area contributed by atoms with E-state index in [0.29, 0.717) is 0 Å². The van der Waals surface area contributed by atoms with Gasteiger partial charge in [0.15, 0.2) is 0 Å². The molecule has 0 aliphatic heterocycles. The molecule has 0 radical (unpaired) electrons. The van der Waals surface area contributed by atoms with Crippen molar-refractivity contribution in [1.29, 1.82) is 0 Å². The molecule has 1 heterocycles. The van der Waals surface area contributed by atoms with Gasteiger partial charge in [0.1, 0.15) is 4.34 Å². The molecule has 14 heavy (non-hydrogen) atoms. The standard InChI is InChI=1S/C11H19NS2/c1-4-5-6-7-8-13-11-12-9(2)10(3)14-11/h4-8H2,1-3H3. The topological polar surface area (TPSA) is 12.9 Å². The lowest BCUT2D eigenvalue weighted by Gasteiger charge is -1.96. The number of thiazole rings is 1. The fourth-order valence-corrected chi connectivity index (χ4v) is 3.42. The summed E-state index contributed by atoms with van der Waals surface area (Å²) in [6, 6.07) is 0. The summed E-state index contributed by atoms with van der Waals surface area (Å²) in [4.78, 5) is 5.87. The number of thioether (sulfide) groups is 1. The van der Waals surface area contributed by atoms with Crippen molar-refractivity contribution in [3.8, 4) is 0 Å². The van der Waals surface area contributed by atoms with Crippen molar-refractivity contribution in [2.24, 2.45) is 0 Å². The SMILES string of the molecule is CCCCCCSc1nc(C)c(C)s1. The van der Waals surface area contributed by atoms with E-state index in [9.17, 15) is 0 Å². The minimum atomic E-state index is 1.20. The van der Waals surface area contributed by atoms with Crippen molar-refractivity contribution in [1.82, 2.24) is 4.98 Å². The Hall–Kier alpha value is -0.0200. The van der Waals surface area contributed by atoms with Crippen molar-refractivity contribution in [3.05, 3.63) is 10.6 Å². The normalized spacial score (nSPS) is 10.8. The smallest absolute Gasteiger partial charge is 0.150 e. The summed E-state index contributed by atoms with van der Waals surface area (Å²) in [6.07, 6.45) is 5.39. The highest BCUT2D eigenvalue weighted by Gasteiger charge is 2.03. The molecule has 0 aliphatic carbocycles. The van der Waals surface area contributed by atoms with E-state index in [2.05, 4.69) is 25.8 Å². The van der Waals surface area contributed by atoms with Crippen LogP contribution in [-0.4, -0.2) is 10.7 Å². The number of aromatic nitrogens is 1. The summed E-state index contributed by atoms with van der Waals surface area (Å²) < 4.78 is 1.25. The highest BCUT2D eigenvalue weighted by Crippen LogP contribution is 2.27. The molecule has 0 N–H and O–H groups in total. The van der Waals surface area contributed by atoms with Gasteiger partial charge < -0.3 is 0 Å². The van der Waals surface area contributed by atoms with Crippen molar-refractivity contribution in [2.45, 2.75) is 50.8 Å². The number of hydrogen-bond donors (Lipinski definition) is 0. The summed E-state index contributed by atoms with van der Waals surface area (Å²) in [5, 5.41) is 0. The molecule has 0 saturated carbocycles. The second-order valence-corrected chi connectivity index (χ2v) is 6.08. The Morgan fingerprint density at radius 2 is 2.00 bits per heavy atom. The summed E-state index contributed by atoms with van der Waals surface area (Å²) in [5.41, 5.74) is 1.20. The van der Waals surface area contributed by atoms with Gasteiger partial charge in [0.05, 0.1) is 5.69 Å². The second-order valence-electron chi connectivity index (χ2n) is 3.53. The molecule has 1 nitrogen and oxygen atoms in total. The Morgan fingerprint density at radius 1 is 1.21 bits per heavy atom. The van der Waals surface area contributed by atoms with Crippen LogP contribution in [0.4, 0.5) is 0 Å². The first-order chi connectivity index (χ1) is 6.74. The van der Waals surface area contributed by atoms with Gasteiger partial charge in [-0.3, -0.25) is 0 Å². The molecule has 0 bridgehead atoms. The van der Waals surface area contributed by atoms with Crippen molar-refractivity contribution in [3.63, 3.8) is 0 Å². The number of hydrogen-bond acceptors (Lipinski definition) is 3. The van der Waals surface area contributed by atoms with E-state index in [-0.39, 0.29) is 0 Å². The zero-order valence-corrected chi connectivity index (χ0v) is 10.9. The maximum atomic E-state index is 4.51. The minimum absolute atomic E-state index is 1.20. The zero-order chi connectivity index (χ0) is 10.4. The molecule has 3 heteroatoms. The van der Waals surface area contributed by atoms with Gasteiger partial charge in [0.25, 0.3) is 0 Å². The molecular formula is C11H19NS2. The highest BCUT2D eigenvalue weighted by molar-refractivity contribution is 8.01. The summed E-state index contributed by atoms with van der Waals surface area (Å²) in [6.45, 7) is 6.49. The lowest BCUT2D eigenvalue weighted by molar-refractivity contribution is 0.706. The third-order valence-corrected chi connectivity index (χ3v) is 4.53. The fourth-order valence-electron chi connectivity index (χ4n) is 1.19. The van der Waals surface area contributed by atoms with Gasteiger partial charge in [-0.2, -0.15) is 0 Å². The first-order valence-electron chi connectivity index (χ1n) is 5.31. The number of rotatable bonds is 6. The fraction of sp³-hybridized carbons (Fsp3) is 0.727. The molecule has 0 amide bonds. The van der Waals surface area contributed by atoms with Crippen LogP contribution in [-0.2, 0) is 0 Å². The van der Waals surface area contributed by atoms with E-state index in [0.717, 1.165) is 0 Å². The molecule has 0 saturated heterocycles. The van der Waals surface area contributed by atoms with Crippen LogP contribution in [0.5, 0.6) is 0 Å². The van der Waals surface area contributed by atoms with Crippen molar-refractivity contribution >= 4 is 23.1 Å². The van der Waals surface area contributed by atoms with Gasteiger partial charge in [-0.1, -0.05) is 37.9 Å². The van der Waals surface area contributed by atoms with Gasteiger partial charge in [-0.05, 0) is 20.3 Å². The van der Waals surface area contributed by atoms with E-state index in [4.69, 9.17) is 0 Å². The summed E-state index contributed by atoms with van der Waals surface area (Å²) >= 11 is 3.74. The Bertz CT molecular complexity index is 249. The molecule has 1 rings (SSSR count). The number of nitrogens with zero attached hydrogens (tertiary/aromatic N) is 1. The van der Waals surface area contributed by atoms with E-state index < -0.39 is 0 Å². The van der Waals surface area contributed by atoms with Crippen LogP contribution in [0.15, 0.2) is 4.34 Å². The van der Waals surface area contributed by atoms with Crippen LogP contribution in [0.25, 0.3) is 0 Å². The van der Waals surface area contributed by atoms with Crippen molar-refractivity contribution in [2.75, 3.05) is 5.75 Å². The molecule has 80 valence electrons. The number of unbranched alkanes of at least 4 members (excludes halogenated alkanes) is 3. The summed E-state index contributed by atoms with van der Waals surface area (Å²) in [5.74, 6) is 1.23. The van der Waals surface area contributed by atoms with Gasteiger partial charge >= 0.3 is 0 Å². The second kappa shape index (κ2) is 6.46. The Morgan fingerprint density at radius 3 is 2.57 bits per heavy atom. The maximum Gasteiger partial charge on any atom is 0.150 e. The number of aryl methyl sites for hydroxylation is 2. The lowest BCUT2D eigenvalue weighted by atomic mass is 10.2. The molecule has 1 aromatic rings. The van der Waals surface area contributed by atoms with Crippen LogP contribution >= 0.6 is 23.1 Å². The van der Waals surface area contributed by atoms with E-state index in [1.807, 2.05) is 23.1 Å². The molecule has 0 aliphatic rings. The van der Waals surface area contributed by atoms with Gasteiger partial charge in [0, 0.05) is 10.6 Å². The molecule has 0 fully saturated rings. The minimum Gasteiger partial charge on any atom is -0.235 e. The molecular weight excluding hydrogens is 210 g/mol. The predicted octanol–water partition coefficient (Wildman–Crippen LogP) is 4.43. The van der Waals surface area contributed by atoms with Gasteiger partial charge in [-0.15, -0.1) is 11.3 Å². The van der Waals surface area contributed by atoms with Crippen LogP contribution < -0.4 is 0 Å². The molecule has 0 aromatic carbocycles. The molecule has 1 aromatic heterocycles. The van der Waals surface area contributed by atoms with Crippen LogP contribution in [0.3, 0.4) is 0 Å². The van der Waals surface area contributed by atoms with E-state index in [1.54, 1.807) is 0 Å². The first kappa shape index (κ1) is 12.1. The van der Waals surface area contributed by atoms with Crippen LogP contribution in [0.2, 0.25) is 0 Å². The van der Waals surface area contributed by atoms with Gasteiger partial charge in [0.2, 0.25) is 0 Å². The average Bonchev–Trinajstić information content (AvgIpc) is 2.46. The Kier molecular flexibility index (Phi) is 5.56. The third kappa shape index (κ3) is 4.01. The zero-order valence-electron chi connectivity index (χ0n) is 9.30. The first-order valence-corrected chi connectivity index (χ1v) is 7.11. The monoisotopic (exact) mass is 229 g/mol. The van der Waals surface area contributed by atoms with Crippen LogP contribution in [0, 0.1) is 13.8 Å². The van der Waals surface area contributed by atoms with E-state index >= 15 is 0 Å². The van der Waals surface area contributed by atoms with E-state index in [1.165, 1.54) is 46.3 Å².